The van der Waals surface area contributed by atoms with Crippen molar-refractivity contribution in [2.75, 3.05) is 0 Å². The van der Waals surface area contributed by atoms with Crippen LogP contribution in [0.25, 0.3) is 0 Å². The van der Waals surface area contributed by atoms with Gasteiger partial charge in [0.25, 0.3) is 0 Å². The molecule has 1 heterocycles. The van der Waals surface area contributed by atoms with E-state index in [2.05, 4.69) is 6.58 Å². The molecule has 7 heteroatoms. The fourth-order valence-corrected chi connectivity index (χ4v) is 4.25. The summed E-state index contributed by atoms with van der Waals surface area (Å²) < 4.78 is 10.7. The molecule has 3 N–H and O–H groups in total. The Morgan fingerprint density at radius 1 is 1.42 bits per heavy atom. The van der Waals surface area contributed by atoms with Crippen molar-refractivity contribution in [2.45, 2.75) is 57.2 Å². The quantitative estimate of drug-likeness (QED) is 0.346. The van der Waals surface area contributed by atoms with Crippen molar-refractivity contribution in [1.82, 2.24) is 0 Å². The van der Waals surface area contributed by atoms with Crippen LogP contribution >= 0.6 is 0 Å². The molecule has 2 fully saturated rings. The molecule has 132 valence electrons. The zero-order chi connectivity index (χ0) is 18.0. The maximum Gasteiger partial charge on any atom is 0.334 e. The van der Waals surface area contributed by atoms with Gasteiger partial charge in [-0.05, 0) is 31.4 Å². The van der Waals surface area contributed by atoms with Gasteiger partial charge >= 0.3 is 11.9 Å². The Labute approximate surface area is 139 Å². The Kier molecular flexibility index (Phi) is 3.86. The lowest BCUT2D eigenvalue weighted by atomic mass is 9.80. The normalized spacial score (nSPS) is 44.8. The summed E-state index contributed by atoms with van der Waals surface area (Å²) in [5, 5.41) is 31.9. The SMILES string of the molecule is C=C1C(=O)OC2C3=C(C)C(O)CC3C(C)(O)C(O)C(OC(C)=O)C12. The van der Waals surface area contributed by atoms with E-state index in [1.54, 1.807) is 6.92 Å². The largest absolute Gasteiger partial charge is 0.459 e. The van der Waals surface area contributed by atoms with Gasteiger partial charge in [0, 0.05) is 18.4 Å². The van der Waals surface area contributed by atoms with Crippen LogP contribution in [0.3, 0.4) is 0 Å². The van der Waals surface area contributed by atoms with Crippen LogP contribution in [0.5, 0.6) is 0 Å². The predicted molar refractivity (Wildman–Crippen MR) is 81.5 cm³/mol. The molecule has 1 saturated heterocycles. The zero-order valence-corrected chi connectivity index (χ0v) is 13.9. The van der Waals surface area contributed by atoms with E-state index in [0.717, 1.165) is 0 Å². The molecule has 3 rings (SSSR count). The number of esters is 2. The van der Waals surface area contributed by atoms with E-state index in [-0.39, 0.29) is 12.0 Å². The maximum atomic E-state index is 12.0. The molecule has 7 atom stereocenters. The number of carbonyl (C=O) groups excluding carboxylic acids is 2. The third kappa shape index (κ3) is 2.22. The zero-order valence-electron chi connectivity index (χ0n) is 13.9. The average molecular weight is 338 g/mol. The van der Waals surface area contributed by atoms with Crippen molar-refractivity contribution in [2.24, 2.45) is 11.8 Å². The van der Waals surface area contributed by atoms with Crippen LogP contribution in [0.1, 0.15) is 27.2 Å². The predicted octanol–water partition coefficient (Wildman–Crippen LogP) is -0.161. The first-order valence-electron chi connectivity index (χ1n) is 7.93. The van der Waals surface area contributed by atoms with E-state index < -0.39 is 53.8 Å². The Morgan fingerprint density at radius 2 is 2.04 bits per heavy atom. The third-order valence-corrected chi connectivity index (χ3v) is 5.59. The highest BCUT2D eigenvalue weighted by molar-refractivity contribution is 5.91. The minimum Gasteiger partial charge on any atom is -0.459 e. The molecular weight excluding hydrogens is 316 g/mol. The van der Waals surface area contributed by atoms with Gasteiger partial charge in [-0.3, -0.25) is 4.79 Å². The molecule has 1 saturated carbocycles. The molecular formula is C17H22O7. The number of carbonyl (C=O) groups is 2. The molecule has 0 radical (unpaired) electrons. The molecule has 0 spiro atoms. The highest BCUT2D eigenvalue weighted by Crippen LogP contribution is 2.52. The molecule has 7 unspecified atom stereocenters. The fraction of sp³-hybridized carbons (Fsp3) is 0.647. The number of fused-ring (bicyclic) bond motifs is 3. The lowest BCUT2D eigenvalue weighted by Crippen LogP contribution is -2.53. The lowest BCUT2D eigenvalue weighted by Gasteiger charge is -2.37. The van der Waals surface area contributed by atoms with Gasteiger partial charge in [0.05, 0.1) is 17.6 Å². The van der Waals surface area contributed by atoms with Gasteiger partial charge in [-0.25, -0.2) is 4.79 Å². The number of aliphatic hydroxyl groups excluding tert-OH is 2. The van der Waals surface area contributed by atoms with E-state index in [1.807, 2.05) is 0 Å². The maximum absolute atomic E-state index is 12.0. The van der Waals surface area contributed by atoms with E-state index in [9.17, 15) is 24.9 Å². The van der Waals surface area contributed by atoms with Crippen molar-refractivity contribution in [3.8, 4) is 0 Å². The summed E-state index contributed by atoms with van der Waals surface area (Å²) in [7, 11) is 0. The summed E-state index contributed by atoms with van der Waals surface area (Å²) >= 11 is 0. The standard InChI is InChI=1S/C17H22O7/c1-6-10(19)5-9-11(6)13-12(7(2)16(21)24-13)14(23-8(3)18)15(20)17(9,4)22/h9-10,12-15,19-20,22H,2,5H2,1,3-4H3. The molecule has 0 aromatic heterocycles. The summed E-state index contributed by atoms with van der Waals surface area (Å²) in [6.45, 7) is 8.06. The van der Waals surface area contributed by atoms with E-state index in [0.29, 0.717) is 11.1 Å². The van der Waals surface area contributed by atoms with Gasteiger partial charge in [0.2, 0.25) is 0 Å². The highest BCUT2D eigenvalue weighted by atomic mass is 16.6. The molecule has 1 aliphatic heterocycles. The van der Waals surface area contributed by atoms with Crippen molar-refractivity contribution in [3.05, 3.63) is 23.3 Å². The minimum atomic E-state index is -1.66. The van der Waals surface area contributed by atoms with E-state index in [1.165, 1.54) is 13.8 Å². The van der Waals surface area contributed by atoms with Crippen molar-refractivity contribution in [1.29, 1.82) is 0 Å². The van der Waals surface area contributed by atoms with Crippen molar-refractivity contribution >= 4 is 11.9 Å². The number of rotatable bonds is 1. The summed E-state index contributed by atoms with van der Waals surface area (Å²) in [4.78, 5) is 23.5. The number of hydrogen-bond acceptors (Lipinski definition) is 7. The van der Waals surface area contributed by atoms with Crippen LogP contribution in [0, 0.1) is 11.8 Å². The third-order valence-electron chi connectivity index (χ3n) is 5.59. The van der Waals surface area contributed by atoms with Gasteiger partial charge in [-0.1, -0.05) is 6.58 Å². The topological polar surface area (TPSA) is 113 Å². The van der Waals surface area contributed by atoms with Gasteiger partial charge in [-0.2, -0.15) is 0 Å². The second kappa shape index (κ2) is 5.40. The summed E-state index contributed by atoms with van der Waals surface area (Å²) in [6, 6.07) is 0. The molecule has 7 nitrogen and oxygen atoms in total. The first kappa shape index (κ1) is 17.1. The lowest BCUT2D eigenvalue weighted by molar-refractivity contribution is -0.176. The van der Waals surface area contributed by atoms with E-state index in [4.69, 9.17) is 9.47 Å². The first-order valence-corrected chi connectivity index (χ1v) is 7.93. The second-order valence-corrected chi connectivity index (χ2v) is 7.06. The van der Waals surface area contributed by atoms with Crippen LogP contribution in [-0.2, 0) is 19.1 Å². The van der Waals surface area contributed by atoms with Gasteiger partial charge in [0.15, 0.2) is 0 Å². The van der Waals surface area contributed by atoms with Gasteiger partial charge in [0.1, 0.15) is 18.3 Å². The Hall–Kier alpha value is -1.70. The Morgan fingerprint density at radius 3 is 2.62 bits per heavy atom. The number of ether oxygens (including phenoxy) is 2. The molecule has 0 bridgehead atoms. The van der Waals surface area contributed by atoms with Crippen LogP contribution in [-0.4, -0.2) is 57.3 Å². The molecule has 2 aliphatic carbocycles. The van der Waals surface area contributed by atoms with Crippen molar-refractivity contribution in [3.63, 3.8) is 0 Å². The molecule has 3 aliphatic rings. The monoisotopic (exact) mass is 338 g/mol. The molecule has 0 aromatic carbocycles. The van der Waals surface area contributed by atoms with Crippen LogP contribution in [0.4, 0.5) is 0 Å². The van der Waals surface area contributed by atoms with Crippen molar-refractivity contribution < 1.29 is 34.4 Å². The Bertz CT molecular complexity index is 647. The summed E-state index contributed by atoms with van der Waals surface area (Å²) in [6.07, 6.45) is -4.03. The highest BCUT2D eigenvalue weighted by Gasteiger charge is 2.61. The van der Waals surface area contributed by atoms with Crippen LogP contribution < -0.4 is 0 Å². The summed E-state index contributed by atoms with van der Waals surface area (Å²) in [5.74, 6) is -2.69. The fourth-order valence-electron chi connectivity index (χ4n) is 4.25. The Balaban J connectivity index is 2.18. The molecule has 24 heavy (non-hydrogen) atoms. The minimum absolute atomic E-state index is 0.0865. The molecule has 0 aromatic rings. The van der Waals surface area contributed by atoms with Crippen LogP contribution in [0.15, 0.2) is 23.3 Å². The number of aliphatic hydroxyl groups is 3. The second-order valence-electron chi connectivity index (χ2n) is 7.06. The number of hydrogen-bond donors (Lipinski definition) is 3. The van der Waals surface area contributed by atoms with Gasteiger partial charge < -0.3 is 24.8 Å². The van der Waals surface area contributed by atoms with E-state index >= 15 is 0 Å². The average Bonchev–Trinajstić information content (AvgIpc) is 2.92. The summed E-state index contributed by atoms with van der Waals surface area (Å²) in [5.41, 5.74) is -0.388. The van der Waals surface area contributed by atoms with Crippen LogP contribution in [0.2, 0.25) is 0 Å². The first-order chi connectivity index (χ1) is 11.1. The molecule has 0 amide bonds. The van der Waals surface area contributed by atoms with Gasteiger partial charge in [-0.15, -0.1) is 0 Å². The smallest absolute Gasteiger partial charge is 0.334 e.